The van der Waals surface area contributed by atoms with E-state index < -0.39 is 60.1 Å². The van der Waals surface area contributed by atoms with Crippen molar-refractivity contribution < 1.29 is 53.2 Å². The molecule has 6 heterocycles. The molecular weight excluding hydrogens is 1650 g/mol. The number of nitrogens with zero attached hydrogens (tertiary/aromatic N) is 9. The second kappa shape index (κ2) is 35.5. The number of aromatic nitrogens is 9. The fourth-order valence-corrected chi connectivity index (χ4v) is 17.7. The Labute approximate surface area is 708 Å². The summed E-state index contributed by atoms with van der Waals surface area (Å²) in [6.45, 7) is 27.2. The van der Waals surface area contributed by atoms with E-state index in [0.29, 0.717) is 26.1 Å². The molecule has 0 bridgehead atoms. The highest BCUT2D eigenvalue weighted by Crippen LogP contribution is 2.49. The Balaban J connectivity index is 0.000000150. The Morgan fingerprint density at radius 1 is 0.440 bits per heavy atom. The van der Waals surface area contributed by atoms with Crippen LogP contribution < -0.4 is 5.46 Å². The van der Waals surface area contributed by atoms with Crippen molar-refractivity contribution in [1.82, 2.24) is 43.6 Å². The lowest BCUT2D eigenvalue weighted by molar-refractivity contribution is -0.167. The zero-order valence-electron chi connectivity index (χ0n) is 67.2. The van der Waals surface area contributed by atoms with E-state index in [0.717, 1.165) is 150 Å². The maximum Gasteiger partial charge on any atom is 0.488 e. The zero-order valence-corrected chi connectivity index (χ0v) is 73.5. The SMILES string of the molecule is CCOC(=O)[C@@H](OC(C)(C)C)c1c(C)cc2nc(-c3ccc4ncn(C)c4c3)sc2c1-c1ccc(Cl)cc1.CCOC(=O)[C@@H](OC(C)(C)C)c1c(C)cc2nc(Br)sc2c1-c1ccc(Cl)cc1.Cc1cc2nc(-c3ccc4ncn(C)c4c3)sc2c(-c2ccc(Cl)cc2)c1[C@H](OC(C)(C)C)C(=O)O.Cn1cnc2ccc(B(O)O)cc21. The number of carbonyl (C=O) groups excluding carboxylic acids is 2. The monoisotopic (exact) mass is 1740 g/mol. The van der Waals surface area contributed by atoms with Crippen LogP contribution in [-0.2, 0) is 59.2 Å². The summed E-state index contributed by atoms with van der Waals surface area (Å²) in [5, 5.41) is 31.7. The van der Waals surface area contributed by atoms with E-state index >= 15 is 0 Å². The van der Waals surface area contributed by atoms with Gasteiger partial charge in [0.15, 0.2) is 22.2 Å². The number of carbonyl (C=O) groups is 3. The van der Waals surface area contributed by atoms with Crippen LogP contribution in [0.25, 0.3) is 118 Å². The summed E-state index contributed by atoms with van der Waals surface area (Å²) in [7, 11) is 4.39. The largest absolute Gasteiger partial charge is 0.488 e. The van der Waals surface area contributed by atoms with Crippen LogP contribution in [0.3, 0.4) is 0 Å². The van der Waals surface area contributed by atoms with Crippen molar-refractivity contribution in [1.29, 1.82) is 0 Å². The van der Waals surface area contributed by atoms with Gasteiger partial charge in [0.25, 0.3) is 0 Å². The first-order chi connectivity index (χ1) is 54.8. The second-order valence-corrected chi connectivity index (χ2v) is 36.4. The van der Waals surface area contributed by atoms with Gasteiger partial charge in [0.1, 0.15) is 10.0 Å². The Morgan fingerprint density at radius 2 is 0.750 bits per heavy atom. The molecular formula is C88H88BBrCl3N9O11S3. The summed E-state index contributed by atoms with van der Waals surface area (Å²) < 4.78 is 39.0. The number of aryl methyl sites for hydroxylation is 6. The van der Waals surface area contributed by atoms with Gasteiger partial charge in [-0.3, -0.25) is 0 Å². The third-order valence-electron chi connectivity index (χ3n) is 18.6. The van der Waals surface area contributed by atoms with E-state index in [1.165, 1.54) is 11.3 Å². The van der Waals surface area contributed by atoms with Crippen LogP contribution in [0.1, 0.15) is 128 Å². The first kappa shape index (κ1) is 86.0. The van der Waals surface area contributed by atoms with Gasteiger partial charge in [-0.15, -0.1) is 34.0 Å². The number of fused-ring (bicyclic) bond motifs is 6. The first-order valence-electron chi connectivity index (χ1n) is 37.3. The molecule has 28 heteroatoms. The molecule has 0 saturated carbocycles. The Morgan fingerprint density at radius 3 is 1.09 bits per heavy atom. The van der Waals surface area contributed by atoms with E-state index in [4.69, 9.17) is 78.5 Å². The van der Waals surface area contributed by atoms with Crippen LogP contribution in [0.4, 0.5) is 0 Å². The molecule has 0 aliphatic heterocycles. The molecule has 0 radical (unpaired) electrons. The highest BCUT2D eigenvalue weighted by molar-refractivity contribution is 9.11. The number of esters is 2. The van der Waals surface area contributed by atoms with E-state index in [-0.39, 0.29) is 13.2 Å². The molecule has 0 aliphatic carbocycles. The number of thiazole rings is 3. The number of imidazole rings is 3. The van der Waals surface area contributed by atoms with Gasteiger partial charge in [-0.05, 0) is 255 Å². The first-order valence-corrected chi connectivity index (χ1v) is 41.7. The predicted molar refractivity (Wildman–Crippen MR) is 474 cm³/mol. The topological polar surface area (TPSA) is 250 Å². The molecule has 0 amide bonds. The normalized spacial score (nSPS) is 12.6. The highest BCUT2D eigenvalue weighted by atomic mass is 79.9. The molecule has 0 spiro atoms. The van der Waals surface area contributed by atoms with Crippen molar-refractivity contribution in [2.75, 3.05) is 13.2 Å². The van der Waals surface area contributed by atoms with Gasteiger partial charge >= 0.3 is 25.0 Å². The molecule has 600 valence electrons. The number of halogens is 4. The molecule has 0 fully saturated rings. The molecule has 3 N–H and O–H groups in total. The van der Waals surface area contributed by atoms with Crippen molar-refractivity contribution in [2.24, 2.45) is 21.1 Å². The van der Waals surface area contributed by atoms with E-state index in [1.54, 1.807) is 67.4 Å². The Kier molecular flexibility index (Phi) is 26.3. The number of hydrogen-bond acceptors (Lipinski definition) is 19. The Bertz CT molecular complexity index is 6160. The summed E-state index contributed by atoms with van der Waals surface area (Å²) in [6, 6.07) is 46.1. The van der Waals surface area contributed by atoms with Gasteiger partial charge < -0.3 is 52.5 Å². The van der Waals surface area contributed by atoms with Crippen molar-refractivity contribution in [3.05, 3.63) is 217 Å². The minimum absolute atomic E-state index is 0.265. The number of carboxylic acid groups (broad SMARTS) is 1. The smallest absolute Gasteiger partial charge is 0.479 e. The fraction of sp³-hybridized carbons (Fsp3) is 0.284. The van der Waals surface area contributed by atoms with Crippen molar-refractivity contribution >= 4 is 179 Å². The number of ether oxygens (including phenoxy) is 5. The van der Waals surface area contributed by atoms with Gasteiger partial charge in [-0.2, -0.15) is 0 Å². The maximum absolute atomic E-state index is 13.3. The van der Waals surface area contributed by atoms with E-state index in [2.05, 4.69) is 48.0 Å². The average molecular weight is 1740 g/mol. The van der Waals surface area contributed by atoms with Gasteiger partial charge in [0.05, 0.1) is 113 Å². The van der Waals surface area contributed by atoms with Crippen LogP contribution in [0.2, 0.25) is 15.1 Å². The molecule has 0 aliphatic rings. The molecule has 20 nitrogen and oxygen atoms in total. The molecule has 15 aromatic rings. The number of benzene rings is 9. The number of aliphatic carboxylic acids is 1. The number of hydrogen-bond donors (Lipinski definition) is 3. The molecule has 116 heavy (non-hydrogen) atoms. The Hall–Kier alpha value is -9.32. The molecule has 9 aromatic carbocycles. The third-order valence-corrected chi connectivity index (χ3v) is 23.1. The molecule has 0 unspecified atom stereocenters. The fourth-order valence-electron chi connectivity index (χ4n) is 13.6. The van der Waals surface area contributed by atoms with Crippen molar-refractivity contribution in [3.8, 4) is 54.5 Å². The van der Waals surface area contributed by atoms with Crippen molar-refractivity contribution in [2.45, 2.75) is 132 Å². The summed E-state index contributed by atoms with van der Waals surface area (Å²) in [4.78, 5) is 66.3. The minimum atomic E-state index is -1.42. The second-order valence-electron chi connectivity index (χ2n) is 30.8. The molecule has 15 rings (SSSR count). The summed E-state index contributed by atoms with van der Waals surface area (Å²) in [5.74, 6) is -1.84. The van der Waals surface area contributed by atoms with Gasteiger partial charge in [0, 0.05) is 80.7 Å². The summed E-state index contributed by atoms with van der Waals surface area (Å²) in [5.41, 5.74) is 19.1. The molecule has 0 saturated heterocycles. The third kappa shape index (κ3) is 19.6. The molecule has 3 atom stereocenters. The standard InChI is InChI=1S/C30H30ClN3O3S.C28H26ClN3O3S.C22H23BrClNO3S.C8H9BN2O2/c1-7-36-29(35)26(37-30(3,4)5)24-17(2)14-22-27(25(24)18-8-11-20(31)12-9-18)38-28(33-22)19-10-13-21-23(15-19)34(6)16-32-21;1-15-12-20-25(36-26(31-20)17-8-11-19-21(13-17)32(5)14-30-19)23(16-6-9-18(29)10-7-16)22(15)24(27(33)34)35-28(2,3)4;1-6-27-20(26)18(28-22(3,4)5)16-12(2)11-15-19(29-21(23)25-15)17(16)13-7-9-14(24)10-8-13;1-11-5-10-7-3-2-6(9(12)13)4-8(7)11/h8-16,26H,7H2,1-6H3;6-14,24H,1-5H3,(H,33,34);7-11,18H,6H2,1-5H3;2-5,12-13H,1H3/t26-;24-;18-;/m000./s1. The van der Waals surface area contributed by atoms with Gasteiger partial charge in [0.2, 0.25) is 0 Å². The number of rotatable bonds is 17. The lowest BCUT2D eigenvalue weighted by Gasteiger charge is -2.29. The van der Waals surface area contributed by atoms with Crippen molar-refractivity contribution in [3.63, 3.8) is 0 Å². The lowest BCUT2D eigenvalue weighted by atomic mass is 9.80. The maximum atomic E-state index is 13.3. The van der Waals surface area contributed by atoms with Crippen LogP contribution in [0.5, 0.6) is 0 Å². The highest BCUT2D eigenvalue weighted by Gasteiger charge is 2.37. The van der Waals surface area contributed by atoms with Crippen LogP contribution in [-0.4, -0.2) is 114 Å². The minimum Gasteiger partial charge on any atom is -0.479 e. The van der Waals surface area contributed by atoms with Gasteiger partial charge in [-0.25, -0.2) is 44.3 Å². The van der Waals surface area contributed by atoms with Crippen LogP contribution >= 0.6 is 84.7 Å². The summed E-state index contributed by atoms with van der Waals surface area (Å²) >= 11 is 26.7. The number of carboxylic acids is 1. The summed E-state index contributed by atoms with van der Waals surface area (Å²) in [6.07, 6.45) is 2.40. The van der Waals surface area contributed by atoms with Crippen LogP contribution in [0, 0.1) is 20.8 Å². The van der Waals surface area contributed by atoms with E-state index in [1.807, 2.05) is 240 Å². The van der Waals surface area contributed by atoms with Gasteiger partial charge in [-0.1, -0.05) is 77.3 Å². The zero-order chi connectivity index (χ0) is 83.7. The van der Waals surface area contributed by atoms with Crippen LogP contribution in [0.15, 0.2) is 168 Å². The van der Waals surface area contributed by atoms with E-state index in [9.17, 15) is 19.5 Å². The average Bonchev–Trinajstić information content (AvgIpc) is 1.53. The molecule has 6 aromatic heterocycles. The quantitative estimate of drug-likeness (QED) is 0.0566. The lowest BCUT2D eigenvalue weighted by Crippen LogP contribution is -2.29. The predicted octanol–water partition coefficient (Wildman–Crippen LogP) is 21.7.